The average molecular weight is 167 g/mol. The lowest BCUT2D eigenvalue weighted by Crippen LogP contribution is -1.66. The molecule has 0 spiro atoms. The van der Waals surface area contributed by atoms with Crippen LogP contribution in [0, 0.1) is 0 Å². The van der Waals surface area contributed by atoms with Crippen molar-refractivity contribution in [1.82, 2.24) is 0 Å². The molecular formula is C11H21N. The Bertz CT molecular complexity index is 156. The normalized spacial score (nSPS) is 7.08. The second-order valence-corrected chi connectivity index (χ2v) is 2.32. The van der Waals surface area contributed by atoms with Crippen molar-refractivity contribution in [2.45, 2.75) is 41.0 Å². The summed E-state index contributed by atoms with van der Waals surface area (Å²) in [5, 5.41) is 0. The molecule has 0 aliphatic carbocycles. The van der Waals surface area contributed by atoms with E-state index in [1.807, 2.05) is 26.8 Å². The number of allylic oxidation sites excluding steroid dienone is 3. The van der Waals surface area contributed by atoms with Gasteiger partial charge in [0.2, 0.25) is 0 Å². The highest BCUT2D eigenvalue weighted by Gasteiger charge is 1.72. The Hall–Kier alpha value is -0.810. The summed E-state index contributed by atoms with van der Waals surface area (Å²) in [5.74, 6) is 2.85. The first-order valence-electron chi connectivity index (χ1n) is 4.64. The van der Waals surface area contributed by atoms with E-state index < -0.39 is 0 Å². The van der Waals surface area contributed by atoms with Crippen molar-refractivity contribution in [2.24, 2.45) is 4.99 Å². The first-order chi connectivity index (χ1) is 5.77. The van der Waals surface area contributed by atoms with Crippen molar-refractivity contribution in [2.75, 3.05) is 6.54 Å². The number of nitrogens with zero attached hydrogens (tertiary/aromatic N) is 1. The Morgan fingerprint density at radius 1 is 1.33 bits per heavy atom. The fourth-order valence-corrected chi connectivity index (χ4v) is 0.503. The van der Waals surface area contributed by atoms with Crippen molar-refractivity contribution in [3.8, 4) is 0 Å². The van der Waals surface area contributed by atoms with Crippen molar-refractivity contribution >= 4 is 5.87 Å². The minimum atomic E-state index is 0.825. The zero-order valence-corrected chi connectivity index (χ0v) is 9.02. The Kier molecular flexibility index (Phi) is 14.7. The molecular weight excluding hydrogens is 146 g/mol. The van der Waals surface area contributed by atoms with Crippen molar-refractivity contribution in [3.05, 3.63) is 17.7 Å². The van der Waals surface area contributed by atoms with Gasteiger partial charge in [-0.25, -0.2) is 4.99 Å². The third kappa shape index (κ3) is 16.1. The fraction of sp³-hybridized carbons (Fsp3) is 0.636. The van der Waals surface area contributed by atoms with Gasteiger partial charge in [0, 0.05) is 6.54 Å². The predicted molar refractivity (Wildman–Crippen MR) is 57.9 cm³/mol. The van der Waals surface area contributed by atoms with Crippen LogP contribution in [0.2, 0.25) is 0 Å². The highest BCUT2D eigenvalue weighted by atomic mass is 14.7. The lowest BCUT2D eigenvalue weighted by atomic mass is 10.3. The summed E-state index contributed by atoms with van der Waals surface area (Å²) < 4.78 is 0. The number of rotatable bonds is 3. The van der Waals surface area contributed by atoms with E-state index in [2.05, 4.69) is 30.8 Å². The molecule has 0 saturated heterocycles. The van der Waals surface area contributed by atoms with Gasteiger partial charge in [0.15, 0.2) is 0 Å². The van der Waals surface area contributed by atoms with Crippen molar-refractivity contribution < 1.29 is 0 Å². The van der Waals surface area contributed by atoms with Gasteiger partial charge in [-0.1, -0.05) is 25.5 Å². The van der Waals surface area contributed by atoms with Crippen LogP contribution < -0.4 is 0 Å². The number of hydrogen-bond acceptors (Lipinski definition) is 1. The van der Waals surface area contributed by atoms with E-state index in [1.54, 1.807) is 0 Å². The summed E-state index contributed by atoms with van der Waals surface area (Å²) >= 11 is 0. The van der Waals surface area contributed by atoms with Gasteiger partial charge in [-0.05, 0) is 39.1 Å². The van der Waals surface area contributed by atoms with E-state index in [-0.39, 0.29) is 0 Å². The van der Waals surface area contributed by atoms with Gasteiger partial charge < -0.3 is 0 Å². The maximum atomic E-state index is 3.93. The zero-order chi connectivity index (χ0) is 9.82. The molecule has 70 valence electrons. The number of aliphatic imine (C=N–C) groups is 1. The second-order valence-electron chi connectivity index (χ2n) is 2.32. The highest BCUT2D eigenvalue weighted by Crippen LogP contribution is 1.91. The van der Waals surface area contributed by atoms with Gasteiger partial charge in [-0.2, -0.15) is 0 Å². The Morgan fingerprint density at radius 2 is 1.92 bits per heavy atom. The molecule has 0 atom stereocenters. The summed E-state index contributed by atoms with van der Waals surface area (Å²) in [5.41, 5.74) is 1.34. The van der Waals surface area contributed by atoms with E-state index in [9.17, 15) is 0 Å². The maximum Gasteiger partial charge on any atom is 0.0455 e. The Morgan fingerprint density at radius 3 is 2.33 bits per heavy atom. The van der Waals surface area contributed by atoms with Crippen LogP contribution in [0.5, 0.6) is 0 Å². The molecule has 12 heavy (non-hydrogen) atoms. The first-order valence-corrected chi connectivity index (χ1v) is 4.64. The minimum absolute atomic E-state index is 0.825. The van der Waals surface area contributed by atoms with Crippen LogP contribution in [0.4, 0.5) is 0 Å². The van der Waals surface area contributed by atoms with Crippen LogP contribution in [-0.2, 0) is 0 Å². The van der Waals surface area contributed by atoms with Gasteiger partial charge in [-0.3, -0.25) is 0 Å². The molecule has 0 radical (unpaired) electrons. The van der Waals surface area contributed by atoms with E-state index in [0.717, 1.165) is 13.0 Å². The topological polar surface area (TPSA) is 12.4 Å². The molecule has 0 aromatic carbocycles. The second kappa shape index (κ2) is 12.8. The number of hydrogen-bond donors (Lipinski definition) is 0. The molecule has 0 aromatic rings. The molecule has 0 bridgehead atoms. The molecule has 0 heterocycles. The monoisotopic (exact) mass is 167 g/mol. The quantitative estimate of drug-likeness (QED) is 0.450. The lowest BCUT2D eigenvalue weighted by molar-refractivity contribution is 1.14. The van der Waals surface area contributed by atoms with E-state index in [4.69, 9.17) is 0 Å². The molecule has 0 saturated carbocycles. The SMILES string of the molecule is CC.CCN=C=CCC=C(C)C. The predicted octanol–water partition coefficient (Wildman–Crippen LogP) is 3.61. The summed E-state index contributed by atoms with van der Waals surface area (Å²) in [4.78, 5) is 3.93. The smallest absolute Gasteiger partial charge is 0.0455 e. The van der Waals surface area contributed by atoms with Gasteiger partial charge in [0.05, 0.1) is 0 Å². The Labute approximate surface area is 76.9 Å². The molecule has 0 fully saturated rings. The molecule has 1 heteroatoms. The summed E-state index contributed by atoms with van der Waals surface area (Å²) in [6.07, 6.45) is 5.04. The highest BCUT2D eigenvalue weighted by molar-refractivity contribution is 5.51. The van der Waals surface area contributed by atoms with Gasteiger partial charge in [0.1, 0.15) is 0 Å². The zero-order valence-electron chi connectivity index (χ0n) is 9.02. The Balaban J connectivity index is 0. The van der Waals surface area contributed by atoms with Crippen LogP contribution >= 0.6 is 0 Å². The van der Waals surface area contributed by atoms with Gasteiger partial charge in [0.25, 0.3) is 0 Å². The maximum absolute atomic E-state index is 3.93. The molecule has 0 aliphatic heterocycles. The fourth-order valence-electron chi connectivity index (χ4n) is 0.503. The van der Waals surface area contributed by atoms with Crippen LogP contribution in [0.15, 0.2) is 22.7 Å². The van der Waals surface area contributed by atoms with Crippen LogP contribution in [0.1, 0.15) is 41.0 Å². The third-order valence-corrected chi connectivity index (χ3v) is 0.985. The van der Waals surface area contributed by atoms with Crippen molar-refractivity contribution in [3.63, 3.8) is 0 Å². The molecule has 0 rings (SSSR count). The molecule has 0 unspecified atom stereocenters. The third-order valence-electron chi connectivity index (χ3n) is 0.985. The van der Waals surface area contributed by atoms with Crippen molar-refractivity contribution in [1.29, 1.82) is 0 Å². The van der Waals surface area contributed by atoms with Crippen LogP contribution in [0.3, 0.4) is 0 Å². The summed E-state index contributed by atoms with van der Waals surface area (Å²) in [7, 11) is 0. The van der Waals surface area contributed by atoms with Gasteiger partial charge >= 0.3 is 0 Å². The summed E-state index contributed by atoms with van der Waals surface area (Å²) in [6.45, 7) is 11.0. The van der Waals surface area contributed by atoms with Crippen LogP contribution in [0.25, 0.3) is 0 Å². The summed E-state index contributed by atoms with van der Waals surface area (Å²) in [6, 6.07) is 0. The van der Waals surface area contributed by atoms with E-state index in [1.165, 1.54) is 5.57 Å². The van der Waals surface area contributed by atoms with E-state index in [0.29, 0.717) is 0 Å². The van der Waals surface area contributed by atoms with Crippen LogP contribution in [-0.4, -0.2) is 12.4 Å². The molecule has 0 aliphatic rings. The molecule has 0 aromatic heterocycles. The molecule has 1 nitrogen and oxygen atoms in total. The standard InChI is InChI=1S/C9H15N.C2H6/c1-4-10-8-6-5-7-9(2)3;1-2/h6-7H,4-5H2,1-3H3;1-2H3. The largest absolute Gasteiger partial charge is 0.244 e. The average Bonchev–Trinajstić information content (AvgIpc) is 2.07. The molecule has 0 N–H and O–H groups in total. The lowest BCUT2D eigenvalue weighted by Gasteiger charge is -1.82. The first kappa shape index (κ1) is 13.8. The molecule has 0 amide bonds. The van der Waals surface area contributed by atoms with E-state index >= 15 is 0 Å². The minimum Gasteiger partial charge on any atom is -0.244 e. The van der Waals surface area contributed by atoms with Gasteiger partial charge in [-0.15, -0.1) is 0 Å².